The predicted molar refractivity (Wildman–Crippen MR) is 71.2 cm³/mol. The van der Waals surface area contributed by atoms with Crippen LogP contribution in [0, 0.1) is 0 Å². The summed E-state index contributed by atoms with van der Waals surface area (Å²) in [4.78, 5) is 4.43. The monoisotopic (exact) mass is 227 g/mol. The molecule has 0 spiro atoms. The highest BCUT2D eigenvalue weighted by Gasteiger charge is 2.13. The first-order valence-electron chi connectivity index (χ1n) is 5.66. The van der Waals surface area contributed by atoms with Crippen molar-refractivity contribution in [1.82, 2.24) is 10.4 Å². The second kappa shape index (κ2) is 5.08. The highest BCUT2D eigenvalue weighted by molar-refractivity contribution is 5.82. The van der Waals surface area contributed by atoms with E-state index in [0.717, 1.165) is 28.5 Å². The third-order valence-electron chi connectivity index (χ3n) is 2.79. The first kappa shape index (κ1) is 11.8. The van der Waals surface area contributed by atoms with Crippen molar-refractivity contribution >= 4 is 10.9 Å². The SMILES string of the molecule is C=C(C)CC(NN)c1cccc2cccnc12. The lowest BCUT2D eigenvalue weighted by Gasteiger charge is -2.17. The van der Waals surface area contributed by atoms with Gasteiger partial charge in [0.1, 0.15) is 0 Å². The average molecular weight is 227 g/mol. The zero-order chi connectivity index (χ0) is 12.3. The molecule has 0 amide bonds. The Kier molecular flexibility index (Phi) is 3.52. The molecule has 0 radical (unpaired) electrons. The summed E-state index contributed by atoms with van der Waals surface area (Å²) in [6, 6.07) is 10.2. The van der Waals surface area contributed by atoms with E-state index in [1.165, 1.54) is 0 Å². The van der Waals surface area contributed by atoms with Gasteiger partial charge in [0.15, 0.2) is 0 Å². The first-order chi connectivity index (χ1) is 8.22. The van der Waals surface area contributed by atoms with Crippen LogP contribution in [-0.4, -0.2) is 4.98 Å². The molecule has 2 aromatic rings. The number of para-hydroxylation sites is 1. The van der Waals surface area contributed by atoms with Gasteiger partial charge in [-0.3, -0.25) is 16.3 Å². The maximum Gasteiger partial charge on any atom is 0.0750 e. The van der Waals surface area contributed by atoms with Crippen LogP contribution in [0.25, 0.3) is 10.9 Å². The molecule has 0 aliphatic heterocycles. The first-order valence-corrected chi connectivity index (χ1v) is 5.66. The molecule has 0 fully saturated rings. The number of pyridine rings is 1. The average Bonchev–Trinajstić information content (AvgIpc) is 2.35. The minimum Gasteiger partial charge on any atom is -0.271 e. The zero-order valence-corrected chi connectivity index (χ0v) is 9.98. The molecule has 0 saturated carbocycles. The van der Waals surface area contributed by atoms with Crippen molar-refractivity contribution in [2.75, 3.05) is 0 Å². The second-order valence-electron chi connectivity index (χ2n) is 4.30. The smallest absolute Gasteiger partial charge is 0.0750 e. The molecule has 0 aliphatic rings. The molecule has 1 aromatic carbocycles. The summed E-state index contributed by atoms with van der Waals surface area (Å²) >= 11 is 0. The van der Waals surface area contributed by atoms with E-state index < -0.39 is 0 Å². The van der Waals surface area contributed by atoms with Crippen molar-refractivity contribution in [3.8, 4) is 0 Å². The lowest BCUT2D eigenvalue weighted by Crippen LogP contribution is -2.28. The number of hydrazine groups is 1. The normalized spacial score (nSPS) is 12.6. The molecule has 3 N–H and O–H groups in total. The Morgan fingerprint density at radius 1 is 1.41 bits per heavy atom. The van der Waals surface area contributed by atoms with E-state index >= 15 is 0 Å². The fourth-order valence-corrected chi connectivity index (χ4v) is 2.02. The van der Waals surface area contributed by atoms with Crippen LogP contribution in [0.15, 0.2) is 48.7 Å². The van der Waals surface area contributed by atoms with Gasteiger partial charge in [-0.25, -0.2) is 0 Å². The molecule has 0 saturated heterocycles. The highest BCUT2D eigenvalue weighted by atomic mass is 15.2. The number of hydrogen-bond donors (Lipinski definition) is 2. The van der Waals surface area contributed by atoms with Crippen LogP contribution < -0.4 is 11.3 Å². The number of rotatable bonds is 4. The zero-order valence-electron chi connectivity index (χ0n) is 9.98. The third kappa shape index (κ3) is 2.52. The summed E-state index contributed by atoms with van der Waals surface area (Å²) in [7, 11) is 0. The molecule has 0 bridgehead atoms. The van der Waals surface area contributed by atoms with Gasteiger partial charge in [0.05, 0.1) is 11.6 Å². The number of fused-ring (bicyclic) bond motifs is 1. The number of hydrogen-bond acceptors (Lipinski definition) is 3. The molecule has 1 unspecified atom stereocenters. The van der Waals surface area contributed by atoms with Crippen molar-refractivity contribution in [2.24, 2.45) is 5.84 Å². The van der Waals surface area contributed by atoms with Crippen LogP contribution in [-0.2, 0) is 0 Å². The molecule has 3 heteroatoms. The van der Waals surface area contributed by atoms with E-state index in [9.17, 15) is 0 Å². The number of aromatic nitrogens is 1. The molecular formula is C14H17N3. The van der Waals surface area contributed by atoms with Gasteiger partial charge in [0.25, 0.3) is 0 Å². The van der Waals surface area contributed by atoms with Crippen LogP contribution in [0.5, 0.6) is 0 Å². The predicted octanol–water partition coefficient (Wildman–Crippen LogP) is 2.71. The number of nitrogens with two attached hydrogens (primary N) is 1. The van der Waals surface area contributed by atoms with Gasteiger partial charge in [-0.1, -0.05) is 29.8 Å². The van der Waals surface area contributed by atoms with E-state index in [4.69, 9.17) is 5.84 Å². The third-order valence-corrected chi connectivity index (χ3v) is 2.79. The Balaban J connectivity index is 2.49. The van der Waals surface area contributed by atoms with Crippen LogP contribution in [0.1, 0.15) is 24.9 Å². The van der Waals surface area contributed by atoms with Crippen LogP contribution in [0.3, 0.4) is 0 Å². The summed E-state index contributed by atoms with van der Waals surface area (Å²) < 4.78 is 0. The second-order valence-corrected chi connectivity index (χ2v) is 4.30. The molecule has 2 rings (SSSR count). The van der Waals surface area contributed by atoms with Crippen LogP contribution in [0.4, 0.5) is 0 Å². The molecule has 1 aromatic heterocycles. The number of nitrogens with zero attached hydrogens (tertiary/aromatic N) is 1. The highest BCUT2D eigenvalue weighted by Crippen LogP contribution is 2.25. The van der Waals surface area contributed by atoms with Crippen LogP contribution in [0.2, 0.25) is 0 Å². The Hall–Kier alpha value is -1.71. The van der Waals surface area contributed by atoms with Gasteiger partial charge in [-0.05, 0) is 25.0 Å². The molecule has 3 nitrogen and oxygen atoms in total. The van der Waals surface area contributed by atoms with E-state index in [-0.39, 0.29) is 6.04 Å². The standard InChI is InChI=1S/C14H17N3/c1-10(2)9-13(17-15)12-7-3-5-11-6-4-8-16-14(11)12/h3-8,13,17H,1,9,15H2,2H3. The van der Waals surface area contributed by atoms with Crippen molar-refractivity contribution in [1.29, 1.82) is 0 Å². The fourth-order valence-electron chi connectivity index (χ4n) is 2.02. The summed E-state index contributed by atoms with van der Waals surface area (Å²) in [5, 5.41) is 1.13. The molecule has 1 heterocycles. The minimum atomic E-state index is 0.0612. The minimum absolute atomic E-state index is 0.0612. The van der Waals surface area contributed by atoms with Gasteiger partial charge in [0.2, 0.25) is 0 Å². The van der Waals surface area contributed by atoms with Gasteiger partial charge in [-0.15, -0.1) is 6.58 Å². The van der Waals surface area contributed by atoms with Gasteiger partial charge < -0.3 is 0 Å². The molecular weight excluding hydrogens is 210 g/mol. The van der Waals surface area contributed by atoms with Crippen molar-refractivity contribution < 1.29 is 0 Å². The van der Waals surface area contributed by atoms with Crippen LogP contribution >= 0.6 is 0 Å². The maximum absolute atomic E-state index is 5.63. The Morgan fingerprint density at radius 3 is 2.88 bits per heavy atom. The summed E-state index contributed by atoms with van der Waals surface area (Å²) in [6.07, 6.45) is 2.62. The fraction of sp³-hybridized carbons (Fsp3) is 0.214. The maximum atomic E-state index is 5.63. The Bertz CT molecular complexity index is 528. The summed E-state index contributed by atoms with van der Waals surface area (Å²) in [5.74, 6) is 5.63. The molecule has 17 heavy (non-hydrogen) atoms. The van der Waals surface area contributed by atoms with Gasteiger partial charge in [-0.2, -0.15) is 0 Å². The largest absolute Gasteiger partial charge is 0.271 e. The lowest BCUT2D eigenvalue weighted by molar-refractivity contribution is 0.553. The quantitative estimate of drug-likeness (QED) is 0.479. The Labute approximate surface area is 101 Å². The molecule has 1 atom stereocenters. The van der Waals surface area contributed by atoms with E-state index in [1.807, 2.05) is 19.1 Å². The van der Waals surface area contributed by atoms with Crippen molar-refractivity contribution in [3.63, 3.8) is 0 Å². The van der Waals surface area contributed by atoms with Crippen molar-refractivity contribution in [3.05, 3.63) is 54.2 Å². The number of nitrogens with one attached hydrogen (secondary N) is 1. The summed E-state index contributed by atoms with van der Waals surface area (Å²) in [5.41, 5.74) is 6.06. The molecule has 88 valence electrons. The van der Waals surface area contributed by atoms with E-state index in [2.05, 4.69) is 35.2 Å². The lowest BCUT2D eigenvalue weighted by atomic mass is 9.98. The van der Waals surface area contributed by atoms with Crippen molar-refractivity contribution in [2.45, 2.75) is 19.4 Å². The topological polar surface area (TPSA) is 50.9 Å². The van der Waals surface area contributed by atoms with E-state index in [1.54, 1.807) is 6.20 Å². The molecule has 0 aliphatic carbocycles. The van der Waals surface area contributed by atoms with Gasteiger partial charge in [0, 0.05) is 11.6 Å². The number of benzene rings is 1. The Morgan fingerprint density at radius 2 is 2.18 bits per heavy atom. The van der Waals surface area contributed by atoms with Gasteiger partial charge >= 0.3 is 0 Å². The summed E-state index contributed by atoms with van der Waals surface area (Å²) in [6.45, 7) is 5.94. The van der Waals surface area contributed by atoms with E-state index in [0.29, 0.717) is 0 Å².